The molecular formula is C8H13F3N2O2. The van der Waals surface area contributed by atoms with Crippen molar-refractivity contribution in [1.29, 1.82) is 0 Å². The van der Waals surface area contributed by atoms with E-state index in [1.165, 1.54) is 7.05 Å². The van der Waals surface area contributed by atoms with Crippen LogP contribution in [0.2, 0.25) is 0 Å². The number of halogens is 3. The van der Waals surface area contributed by atoms with Gasteiger partial charge in [0.15, 0.2) is 0 Å². The van der Waals surface area contributed by atoms with E-state index in [1.807, 2.05) is 0 Å². The van der Waals surface area contributed by atoms with E-state index in [0.717, 1.165) is 0 Å². The van der Waals surface area contributed by atoms with Gasteiger partial charge in [0.25, 0.3) is 0 Å². The lowest BCUT2D eigenvalue weighted by atomic mass is 10.3. The standard InChI is InChI=1S/C8H13F3N2O2/c1-3-4-13(5-6(14)12-2)7(15)8(9,10)11/h3-5H2,1-2H3,(H,12,14). The first-order valence-electron chi connectivity index (χ1n) is 4.39. The number of nitrogens with zero attached hydrogens (tertiary/aromatic N) is 1. The van der Waals surface area contributed by atoms with Gasteiger partial charge in [-0.25, -0.2) is 0 Å². The van der Waals surface area contributed by atoms with E-state index in [0.29, 0.717) is 11.3 Å². The molecule has 0 aromatic carbocycles. The summed E-state index contributed by atoms with van der Waals surface area (Å²) in [4.78, 5) is 22.2. The third-order valence-corrected chi connectivity index (χ3v) is 1.64. The predicted octanol–water partition coefficient (Wildman–Crippen LogP) is 0.533. The van der Waals surface area contributed by atoms with Crippen molar-refractivity contribution >= 4 is 11.8 Å². The van der Waals surface area contributed by atoms with Crippen molar-refractivity contribution < 1.29 is 22.8 Å². The van der Waals surface area contributed by atoms with Crippen LogP contribution in [0.4, 0.5) is 13.2 Å². The molecule has 0 aliphatic carbocycles. The number of alkyl halides is 3. The second kappa shape index (κ2) is 5.57. The van der Waals surface area contributed by atoms with Gasteiger partial charge < -0.3 is 10.2 Å². The number of nitrogens with one attached hydrogen (secondary N) is 1. The van der Waals surface area contributed by atoms with Crippen LogP contribution in [0.3, 0.4) is 0 Å². The minimum atomic E-state index is -4.93. The summed E-state index contributed by atoms with van der Waals surface area (Å²) in [5, 5.41) is 2.16. The highest BCUT2D eigenvalue weighted by molar-refractivity contribution is 5.87. The molecule has 4 nitrogen and oxygen atoms in total. The Kier molecular flexibility index (Phi) is 5.10. The Morgan fingerprint density at radius 3 is 2.20 bits per heavy atom. The lowest BCUT2D eigenvalue weighted by Gasteiger charge is -2.22. The Bertz CT molecular complexity index is 241. The van der Waals surface area contributed by atoms with Gasteiger partial charge in [0.1, 0.15) is 0 Å². The van der Waals surface area contributed by atoms with Crippen molar-refractivity contribution in [3.8, 4) is 0 Å². The number of hydrogen-bond donors (Lipinski definition) is 1. The topological polar surface area (TPSA) is 49.4 Å². The Balaban J connectivity index is 4.52. The van der Waals surface area contributed by atoms with Crippen LogP contribution < -0.4 is 5.32 Å². The molecule has 0 fully saturated rings. The summed E-state index contributed by atoms with van der Waals surface area (Å²) in [6.07, 6.45) is -4.57. The Morgan fingerprint density at radius 2 is 1.87 bits per heavy atom. The van der Waals surface area contributed by atoms with Crippen LogP contribution in [0, 0.1) is 0 Å². The Morgan fingerprint density at radius 1 is 1.33 bits per heavy atom. The maximum absolute atomic E-state index is 12.1. The molecule has 15 heavy (non-hydrogen) atoms. The number of rotatable bonds is 4. The maximum atomic E-state index is 12.1. The fourth-order valence-corrected chi connectivity index (χ4v) is 0.954. The molecule has 2 amide bonds. The summed E-state index contributed by atoms with van der Waals surface area (Å²) in [7, 11) is 1.30. The molecule has 0 atom stereocenters. The van der Waals surface area contributed by atoms with Crippen LogP contribution in [0.5, 0.6) is 0 Å². The van der Waals surface area contributed by atoms with E-state index in [1.54, 1.807) is 6.92 Å². The van der Waals surface area contributed by atoms with Crippen molar-refractivity contribution in [3.05, 3.63) is 0 Å². The van der Waals surface area contributed by atoms with Crippen molar-refractivity contribution in [2.75, 3.05) is 20.1 Å². The first-order chi connectivity index (χ1) is 6.82. The molecule has 0 aliphatic heterocycles. The zero-order chi connectivity index (χ0) is 12.1. The summed E-state index contributed by atoms with van der Waals surface area (Å²) < 4.78 is 36.2. The van der Waals surface area contributed by atoms with Gasteiger partial charge in [0.2, 0.25) is 5.91 Å². The number of carbonyl (C=O) groups is 2. The summed E-state index contributed by atoms with van der Waals surface area (Å²) in [6.45, 7) is 0.967. The maximum Gasteiger partial charge on any atom is 0.471 e. The van der Waals surface area contributed by atoms with Crippen LogP contribution in [-0.2, 0) is 9.59 Å². The van der Waals surface area contributed by atoms with Gasteiger partial charge in [-0.05, 0) is 6.42 Å². The first kappa shape index (κ1) is 13.7. The zero-order valence-electron chi connectivity index (χ0n) is 8.52. The molecular weight excluding hydrogens is 213 g/mol. The first-order valence-corrected chi connectivity index (χ1v) is 4.39. The van der Waals surface area contributed by atoms with Crippen LogP contribution in [0.1, 0.15) is 13.3 Å². The molecule has 0 aromatic rings. The van der Waals surface area contributed by atoms with Gasteiger partial charge in [-0.2, -0.15) is 13.2 Å². The van der Waals surface area contributed by atoms with Gasteiger partial charge in [0, 0.05) is 13.6 Å². The minimum absolute atomic E-state index is 0.0915. The van der Waals surface area contributed by atoms with Crippen LogP contribution >= 0.6 is 0 Å². The van der Waals surface area contributed by atoms with Crippen molar-refractivity contribution in [3.63, 3.8) is 0 Å². The Labute approximate surface area is 85.4 Å². The van der Waals surface area contributed by atoms with Gasteiger partial charge in [-0.3, -0.25) is 9.59 Å². The fourth-order valence-electron chi connectivity index (χ4n) is 0.954. The highest BCUT2D eigenvalue weighted by atomic mass is 19.4. The van der Waals surface area contributed by atoms with Crippen LogP contribution in [0.15, 0.2) is 0 Å². The second-order valence-corrected chi connectivity index (χ2v) is 2.90. The van der Waals surface area contributed by atoms with E-state index in [9.17, 15) is 22.8 Å². The molecule has 7 heteroatoms. The molecule has 0 heterocycles. The molecule has 0 radical (unpaired) electrons. The average molecular weight is 226 g/mol. The number of carbonyl (C=O) groups excluding carboxylic acids is 2. The molecule has 0 saturated heterocycles. The van der Waals surface area contributed by atoms with Gasteiger partial charge in [-0.1, -0.05) is 6.92 Å². The van der Waals surface area contributed by atoms with Crippen molar-refractivity contribution in [1.82, 2.24) is 10.2 Å². The SMILES string of the molecule is CCCN(CC(=O)NC)C(=O)C(F)(F)F. The lowest BCUT2D eigenvalue weighted by molar-refractivity contribution is -0.185. The number of amides is 2. The van der Waals surface area contributed by atoms with Crippen molar-refractivity contribution in [2.45, 2.75) is 19.5 Å². The summed E-state index contributed by atoms with van der Waals surface area (Å²) >= 11 is 0. The third kappa shape index (κ3) is 4.66. The van der Waals surface area contributed by atoms with Gasteiger partial charge in [0.05, 0.1) is 6.54 Å². The van der Waals surface area contributed by atoms with Gasteiger partial charge in [-0.15, -0.1) is 0 Å². The Hall–Kier alpha value is -1.27. The molecule has 0 aliphatic rings. The highest BCUT2D eigenvalue weighted by Crippen LogP contribution is 2.18. The van der Waals surface area contributed by atoms with E-state index < -0.39 is 24.5 Å². The predicted molar refractivity (Wildman–Crippen MR) is 47.0 cm³/mol. The molecule has 0 saturated carbocycles. The van der Waals surface area contributed by atoms with Crippen molar-refractivity contribution in [2.24, 2.45) is 0 Å². The van der Waals surface area contributed by atoms with Crippen LogP contribution in [-0.4, -0.2) is 43.0 Å². The van der Waals surface area contributed by atoms with Crippen LogP contribution in [0.25, 0.3) is 0 Å². The van der Waals surface area contributed by atoms with E-state index in [2.05, 4.69) is 5.32 Å². The lowest BCUT2D eigenvalue weighted by Crippen LogP contribution is -2.46. The quantitative estimate of drug-likeness (QED) is 0.760. The van der Waals surface area contributed by atoms with E-state index >= 15 is 0 Å². The average Bonchev–Trinajstić information content (AvgIpc) is 2.14. The zero-order valence-corrected chi connectivity index (χ0v) is 8.52. The minimum Gasteiger partial charge on any atom is -0.358 e. The molecule has 0 bridgehead atoms. The molecule has 0 aromatic heterocycles. The summed E-state index contributed by atoms with van der Waals surface area (Å²) in [6, 6.07) is 0. The molecule has 0 rings (SSSR count). The monoisotopic (exact) mass is 226 g/mol. The van der Waals surface area contributed by atoms with Gasteiger partial charge >= 0.3 is 12.1 Å². The summed E-state index contributed by atoms with van der Waals surface area (Å²) in [5.74, 6) is -2.60. The number of hydrogen-bond acceptors (Lipinski definition) is 2. The normalized spacial score (nSPS) is 11.0. The fraction of sp³-hybridized carbons (Fsp3) is 0.750. The second-order valence-electron chi connectivity index (χ2n) is 2.90. The molecule has 88 valence electrons. The third-order valence-electron chi connectivity index (χ3n) is 1.64. The summed E-state index contributed by atoms with van der Waals surface area (Å²) in [5.41, 5.74) is 0. The number of likely N-dealkylation sites (N-methyl/N-ethyl adjacent to an activating group) is 1. The molecule has 0 spiro atoms. The van der Waals surface area contributed by atoms with E-state index in [4.69, 9.17) is 0 Å². The molecule has 0 unspecified atom stereocenters. The molecule has 1 N–H and O–H groups in total. The smallest absolute Gasteiger partial charge is 0.358 e. The van der Waals surface area contributed by atoms with E-state index in [-0.39, 0.29) is 6.54 Å². The largest absolute Gasteiger partial charge is 0.471 e. The highest BCUT2D eigenvalue weighted by Gasteiger charge is 2.42.